The second-order valence-corrected chi connectivity index (χ2v) is 8.88. The first kappa shape index (κ1) is 24.3. The lowest BCUT2D eigenvalue weighted by molar-refractivity contribution is -0.131. The minimum absolute atomic E-state index is 0.0931. The summed E-state index contributed by atoms with van der Waals surface area (Å²) in [5, 5.41) is 8.80. The molecule has 1 amide bonds. The number of hydrogen-bond acceptors (Lipinski definition) is 6. The number of aliphatic carboxylic acids is 1. The van der Waals surface area contributed by atoms with Crippen LogP contribution in [0.5, 0.6) is 5.75 Å². The van der Waals surface area contributed by atoms with E-state index >= 15 is 0 Å². The number of rotatable bonds is 8. The van der Waals surface area contributed by atoms with Gasteiger partial charge in [-0.15, -0.1) is 0 Å². The molecule has 0 bridgehead atoms. The van der Waals surface area contributed by atoms with Crippen molar-refractivity contribution in [1.82, 2.24) is 9.88 Å². The van der Waals surface area contributed by atoms with Crippen molar-refractivity contribution in [3.8, 4) is 5.75 Å². The lowest BCUT2D eigenvalue weighted by Crippen LogP contribution is -2.45. The molecule has 0 unspecified atom stereocenters. The Morgan fingerprint density at radius 3 is 2.61 bits per heavy atom. The highest BCUT2D eigenvalue weighted by Crippen LogP contribution is 2.25. The Morgan fingerprint density at radius 2 is 1.97 bits per heavy atom. The second-order valence-electron chi connectivity index (χ2n) is 8.88. The molecule has 2 heterocycles. The first-order valence-corrected chi connectivity index (χ1v) is 11.0. The van der Waals surface area contributed by atoms with Gasteiger partial charge in [0.1, 0.15) is 23.8 Å². The maximum absolute atomic E-state index is 13.1. The number of nitrogens with zero attached hydrogens (tertiary/aromatic N) is 3. The van der Waals surface area contributed by atoms with Crippen LogP contribution in [0, 0.1) is 0 Å². The first-order valence-electron chi connectivity index (χ1n) is 11.0. The Kier molecular flexibility index (Phi) is 8.06. The van der Waals surface area contributed by atoms with E-state index in [9.17, 15) is 9.59 Å². The minimum atomic E-state index is -1.03. The first-order chi connectivity index (χ1) is 15.7. The summed E-state index contributed by atoms with van der Waals surface area (Å²) < 4.78 is 11.5. The third-order valence-corrected chi connectivity index (χ3v) is 5.06. The zero-order valence-corrected chi connectivity index (χ0v) is 19.3. The van der Waals surface area contributed by atoms with E-state index in [1.54, 1.807) is 23.2 Å². The van der Waals surface area contributed by atoms with Crippen LogP contribution in [0.1, 0.15) is 32.8 Å². The molecule has 0 aliphatic carbocycles. The van der Waals surface area contributed by atoms with Gasteiger partial charge in [0.15, 0.2) is 0 Å². The van der Waals surface area contributed by atoms with Gasteiger partial charge in [-0.3, -0.25) is 9.80 Å². The van der Waals surface area contributed by atoms with Gasteiger partial charge < -0.3 is 14.6 Å². The van der Waals surface area contributed by atoms with Gasteiger partial charge in [0.2, 0.25) is 0 Å². The number of ether oxygens (including phenoxy) is 2. The molecule has 1 N–H and O–H groups in total. The molecule has 0 saturated carbocycles. The molecule has 1 fully saturated rings. The van der Waals surface area contributed by atoms with Gasteiger partial charge in [0.05, 0.1) is 6.04 Å². The molecule has 1 aromatic carbocycles. The highest BCUT2D eigenvalue weighted by atomic mass is 16.6. The molecule has 3 rings (SSSR count). The van der Waals surface area contributed by atoms with E-state index in [0.717, 1.165) is 31.3 Å². The lowest BCUT2D eigenvalue weighted by Gasteiger charge is -2.31. The van der Waals surface area contributed by atoms with Crippen molar-refractivity contribution in [2.24, 2.45) is 0 Å². The minimum Gasteiger partial charge on any atom is -0.492 e. The van der Waals surface area contributed by atoms with Crippen LogP contribution in [0.25, 0.3) is 6.08 Å². The molecule has 33 heavy (non-hydrogen) atoms. The van der Waals surface area contributed by atoms with Gasteiger partial charge in [-0.1, -0.05) is 18.2 Å². The molecule has 2 aromatic rings. The third kappa shape index (κ3) is 7.61. The Balaban J connectivity index is 1.68. The number of para-hydroxylation sites is 1. The number of carbonyl (C=O) groups is 2. The van der Waals surface area contributed by atoms with Crippen LogP contribution in [-0.2, 0) is 9.53 Å². The van der Waals surface area contributed by atoms with E-state index in [1.807, 2.05) is 51.1 Å². The van der Waals surface area contributed by atoms with Crippen molar-refractivity contribution in [3.63, 3.8) is 0 Å². The molecule has 0 radical (unpaired) electrons. The topological polar surface area (TPSA) is 92.2 Å². The summed E-state index contributed by atoms with van der Waals surface area (Å²) >= 11 is 0. The predicted molar refractivity (Wildman–Crippen MR) is 126 cm³/mol. The number of amides is 1. The number of carbonyl (C=O) groups excluding carboxylic acids is 1. The van der Waals surface area contributed by atoms with Crippen molar-refractivity contribution < 1.29 is 24.2 Å². The number of carboxylic acids is 1. The van der Waals surface area contributed by atoms with Crippen LogP contribution < -0.4 is 9.64 Å². The maximum atomic E-state index is 13.1. The smallest absolute Gasteiger partial charge is 0.416 e. The molecule has 1 aromatic heterocycles. The highest BCUT2D eigenvalue weighted by Gasteiger charge is 2.35. The van der Waals surface area contributed by atoms with Crippen molar-refractivity contribution >= 4 is 24.0 Å². The summed E-state index contributed by atoms with van der Waals surface area (Å²) in [6.07, 6.45) is 4.39. The van der Waals surface area contributed by atoms with Gasteiger partial charge in [-0.25, -0.2) is 14.6 Å². The molecule has 8 heteroatoms. The normalized spacial score (nSPS) is 16.6. The summed E-state index contributed by atoms with van der Waals surface area (Å²) in [6, 6.07) is 13.0. The molecule has 1 atom stereocenters. The number of likely N-dealkylation sites (tertiary alicyclic amines) is 1. The Labute approximate surface area is 194 Å². The van der Waals surface area contributed by atoms with Gasteiger partial charge in [-0.05, 0) is 63.1 Å². The van der Waals surface area contributed by atoms with Gasteiger partial charge in [0.25, 0.3) is 0 Å². The average Bonchev–Trinajstić information content (AvgIpc) is 3.21. The second kappa shape index (κ2) is 11.0. The quantitative estimate of drug-likeness (QED) is 0.602. The van der Waals surface area contributed by atoms with Crippen LogP contribution in [0.2, 0.25) is 0 Å². The zero-order chi connectivity index (χ0) is 23.8. The van der Waals surface area contributed by atoms with Crippen molar-refractivity contribution in [1.29, 1.82) is 0 Å². The van der Waals surface area contributed by atoms with E-state index in [0.29, 0.717) is 24.5 Å². The monoisotopic (exact) mass is 453 g/mol. The Bertz CT molecular complexity index is 954. The van der Waals surface area contributed by atoms with E-state index < -0.39 is 17.7 Å². The molecular weight excluding hydrogens is 422 g/mol. The summed E-state index contributed by atoms with van der Waals surface area (Å²) in [7, 11) is 0. The lowest BCUT2D eigenvalue weighted by atomic mass is 10.2. The Morgan fingerprint density at radius 1 is 1.21 bits per heavy atom. The van der Waals surface area contributed by atoms with Crippen LogP contribution in [-0.4, -0.2) is 64.9 Å². The number of hydrogen-bond donors (Lipinski definition) is 1. The van der Waals surface area contributed by atoms with Crippen molar-refractivity contribution in [3.05, 3.63) is 60.3 Å². The fourth-order valence-corrected chi connectivity index (χ4v) is 3.58. The van der Waals surface area contributed by atoms with E-state index in [2.05, 4.69) is 9.88 Å². The number of anilines is 1. The number of carboxylic acid groups (broad SMARTS) is 1. The predicted octanol–water partition coefficient (Wildman–Crippen LogP) is 4.07. The molecule has 1 aliphatic rings. The molecule has 176 valence electrons. The summed E-state index contributed by atoms with van der Waals surface area (Å²) in [5.41, 5.74) is -0.00203. The van der Waals surface area contributed by atoms with Gasteiger partial charge in [0, 0.05) is 31.9 Å². The van der Waals surface area contributed by atoms with Crippen LogP contribution in [0.15, 0.2) is 54.7 Å². The molecule has 1 saturated heterocycles. The summed E-state index contributed by atoms with van der Waals surface area (Å²) in [4.78, 5) is 32.1. The van der Waals surface area contributed by atoms with E-state index in [1.165, 1.54) is 6.08 Å². The zero-order valence-electron chi connectivity index (χ0n) is 19.3. The third-order valence-electron chi connectivity index (χ3n) is 5.06. The van der Waals surface area contributed by atoms with Crippen molar-refractivity contribution in [2.45, 2.75) is 38.8 Å². The summed E-state index contributed by atoms with van der Waals surface area (Å²) in [6.45, 7) is 8.32. The summed E-state index contributed by atoms with van der Waals surface area (Å²) in [5.74, 6) is 0.283. The molecule has 8 nitrogen and oxygen atoms in total. The van der Waals surface area contributed by atoms with Gasteiger partial charge >= 0.3 is 12.1 Å². The number of aromatic nitrogens is 1. The Hall–Kier alpha value is -3.39. The maximum Gasteiger partial charge on any atom is 0.416 e. The highest BCUT2D eigenvalue weighted by molar-refractivity contribution is 5.88. The van der Waals surface area contributed by atoms with Crippen LogP contribution in [0.3, 0.4) is 0 Å². The molecule has 0 spiro atoms. The number of benzene rings is 1. The molecule has 1 aliphatic heterocycles. The fraction of sp³-hybridized carbons (Fsp3) is 0.400. The SMILES string of the molecule is CC(C)(C)OC(=O)N(c1ccc(/C=C/C(=O)O)cn1)[C@@H]1CCN(CCOc2ccccc2)C1. The van der Waals surface area contributed by atoms with Gasteiger partial charge in [-0.2, -0.15) is 0 Å². The fourth-order valence-electron chi connectivity index (χ4n) is 3.58. The van der Waals surface area contributed by atoms with Crippen LogP contribution >= 0.6 is 0 Å². The van der Waals surface area contributed by atoms with E-state index in [4.69, 9.17) is 14.6 Å². The number of pyridine rings is 1. The van der Waals surface area contributed by atoms with E-state index in [-0.39, 0.29) is 6.04 Å². The molecular formula is C25H31N3O5. The van der Waals surface area contributed by atoms with Crippen molar-refractivity contribution in [2.75, 3.05) is 31.1 Å². The van der Waals surface area contributed by atoms with Crippen LogP contribution in [0.4, 0.5) is 10.6 Å². The standard InChI is InChI=1S/C25H31N3O5/c1-25(2,3)33-24(31)28(22-11-9-19(17-26-22)10-12-23(29)30)20-13-14-27(18-20)15-16-32-21-7-5-4-6-8-21/h4-12,17,20H,13-16,18H2,1-3H3,(H,29,30)/b12-10+/t20-/m1/s1. The largest absolute Gasteiger partial charge is 0.492 e. The average molecular weight is 454 g/mol.